The van der Waals surface area contributed by atoms with Gasteiger partial charge in [-0.25, -0.2) is 0 Å². The molecule has 0 radical (unpaired) electrons. The molecular weight excluding hydrogens is 238 g/mol. The maximum atomic E-state index is 11.8. The lowest BCUT2D eigenvalue weighted by Gasteiger charge is -2.16. The van der Waals surface area contributed by atoms with Gasteiger partial charge in [-0.05, 0) is 19.1 Å². The van der Waals surface area contributed by atoms with Crippen LogP contribution in [0.3, 0.4) is 0 Å². The molecule has 0 aliphatic rings. The summed E-state index contributed by atoms with van der Waals surface area (Å²) in [6, 6.07) is 3.26. The number of amides is 1. The number of hydrogen-bond donors (Lipinski definition) is 2. The third-order valence-electron chi connectivity index (χ3n) is 2.43. The number of nitrogens with one attached hydrogen (secondary N) is 1. The highest BCUT2D eigenvalue weighted by Gasteiger charge is 2.17. The highest BCUT2D eigenvalue weighted by Crippen LogP contribution is 2.11. The van der Waals surface area contributed by atoms with Gasteiger partial charge in [-0.15, -0.1) is 0 Å². The van der Waals surface area contributed by atoms with E-state index in [0.29, 0.717) is 18.8 Å². The lowest BCUT2D eigenvalue weighted by Crippen LogP contribution is -2.34. The SMILES string of the molecule is COCCNC(=O)C(C)n1cccc1C(N)=S. The van der Waals surface area contributed by atoms with Crippen molar-refractivity contribution in [2.24, 2.45) is 5.73 Å². The summed E-state index contributed by atoms with van der Waals surface area (Å²) in [4.78, 5) is 12.1. The highest BCUT2D eigenvalue weighted by atomic mass is 32.1. The molecule has 17 heavy (non-hydrogen) atoms. The molecule has 1 aromatic heterocycles. The zero-order valence-electron chi connectivity index (χ0n) is 9.97. The summed E-state index contributed by atoms with van der Waals surface area (Å²) in [6.45, 7) is 2.78. The fourth-order valence-electron chi connectivity index (χ4n) is 1.49. The van der Waals surface area contributed by atoms with E-state index in [4.69, 9.17) is 22.7 Å². The second-order valence-corrected chi connectivity index (χ2v) is 4.06. The molecule has 6 heteroatoms. The van der Waals surface area contributed by atoms with Crippen LogP contribution in [0.4, 0.5) is 0 Å². The minimum atomic E-state index is -0.349. The molecule has 0 fully saturated rings. The minimum Gasteiger partial charge on any atom is -0.388 e. The average Bonchev–Trinajstić information content (AvgIpc) is 2.77. The van der Waals surface area contributed by atoms with E-state index in [1.807, 2.05) is 6.07 Å². The van der Waals surface area contributed by atoms with Gasteiger partial charge in [0.15, 0.2) is 0 Å². The Kier molecular flexibility index (Phi) is 5.11. The third-order valence-corrected chi connectivity index (χ3v) is 2.64. The van der Waals surface area contributed by atoms with Gasteiger partial charge in [-0.1, -0.05) is 12.2 Å². The number of ether oxygens (including phenoxy) is 1. The minimum absolute atomic E-state index is 0.0873. The molecule has 1 unspecified atom stereocenters. The van der Waals surface area contributed by atoms with Crippen LogP contribution in [0.1, 0.15) is 18.7 Å². The standard InChI is InChI=1S/C11H17N3O2S/c1-8(11(15)13-5-7-16-2)14-6-3-4-9(14)10(12)17/h3-4,6,8H,5,7H2,1-2H3,(H2,12,17)(H,13,15). The number of rotatable bonds is 6. The first-order chi connectivity index (χ1) is 8.07. The Hall–Kier alpha value is -1.40. The first-order valence-electron chi connectivity index (χ1n) is 5.31. The molecule has 0 spiro atoms. The second-order valence-electron chi connectivity index (χ2n) is 3.62. The highest BCUT2D eigenvalue weighted by molar-refractivity contribution is 7.80. The lowest BCUT2D eigenvalue weighted by atomic mass is 10.3. The molecule has 0 saturated carbocycles. The van der Waals surface area contributed by atoms with E-state index < -0.39 is 0 Å². The van der Waals surface area contributed by atoms with Gasteiger partial charge in [0.25, 0.3) is 0 Å². The fourth-order valence-corrected chi connectivity index (χ4v) is 1.66. The monoisotopic (exact) mass is 255 g/mol. The lowest BCUT2D eigenvalue weighted by molar-refractivity contribution is -0.124. The summed E-state index contributed by atoms with van der Waals surface area (Å²) in [5.41, 5.74) is 6.27. The van der Waals surface area contributed by atoms with Gasteiger partial charge in [0.1, 0.15) is 11.0 Å². The van der Waals surface area contributed by atoms with E-state index in [9.17, 15) is 4.79 Å². The molecule has 0 aromatic carbocycles. The topological polar surface area (TPSA) is 69.3 Å². The van der Waals surface area contributed by atoms with Crippen LogP contribution in [0, 0.1) is 0 Å². The van der Waals surface area contributed by atoms with Crippen LogP contribution in [0.5, 0.6) is 0 Å². The Morgan fingerprint density at radius 1 is 1.71 bits per heavy atom. The van der Waals surface area contributed by atoms with Crippen molar-refractivity contribution in [3.63, 3.8) is 0 Å². The Morgan fingerprint density at radius 2 is 2.41 bits per heavy atom. The third kappa shape index (κ3) is 3.54. The van der Waals surface area contributed by atoms with Crippen LogP contribution in [0.2, 0.25) is 0 Å². The van der Waals surface area contributed by atoms with Gasteiger partial charge in [0, 0.05) is 19.9 Å². The number of carbonyl (C=O) groups is 1. The molecule has 1 atom stereocenters. The van der Waals surface area contributed by atoms with Crippen LogP contribution in [-0.2, 0) is 9.53 Å². The predicted octanol–water partition coefficient (Wildman–Crippen LogP) is 0.446. The number of nitrogens with two attached hydrogens (primary N) is 1. The maximum absolute atomic E-state index is 11.8. The first-order valence-corrected chi connectivity index (χ1v) is 5.72. The summed E-state index contributed by atoms with van der Waals surface area (Å²) in [5, 5.41) is 2.77. The van der Waals surface area contributed by atoms with Crippen molar-refractivity contribution in [1.82, 2.24) is 9.88 Å². The number of aromatic nitrogens is 1. The van der Waals surface area contributed by atoms with E-state index >= 15 is 0 Å². The van der Waals surface area contributed by atoms with Crippen molar-refractivity contribution >= 4 is 23.1 Å². The zero-order valence-corrected chi connectivity index (χ0v) is 10.8. The van der Waals surface area contributed by atoms with Gasteiger partial charge in [0.05, 0.1) is 12.3 Å². The Labute approximate surface area is 106 Å². The van der Waals surface area contributed by atoms with Gasteiger partial charge < -0.3 is 20.4 Å². The van der Waals surface area contributed by atoms with Crippen molar-refractivity contribution < 1.29 is 9.53 Å². The maximum Gasteiger partial charge on any atom is 0.242 e. The summed E-state index contributed by atoms with van der Waals surface area (Å²) in [7, 11) is 1.59. The fraction of sp³-hybridized carbons (Fsp3) is 0.455. The van der Waals surface area contributed by atoms with Crippen molar-refractivity contribution in [1.29, 1.82) is 0 Å². The molecule has 1 aromatic rings. The van der Waals surface area contributed by atoms with Crippen LogP contribution < -0.4 is 11.1 Å². The van der Waals surface area contributed by atoms with Gasteiger partial charge >= 0.3 is 0 Å². The van der Waals surface area contributed by atoms with E-state index in [0.717, 1.165) is 0 Å². The summed E-state index contributed by atoms with van der Waals surface area (Å²) in [6.07, 6.45) is 1.79. The molecule has 5 nitrogen and oxygen atoms in total. The number of carbonyl (C=O) groups excluding carboxylic acids is 1. The predicted molar refractivity (Wildman–Crippen MR) is 69.9 cm³/mol. The quantitative estimate of drug-likeness (QED) is 0.572. The molecule has 1 rings (SSSR count). The normalized spacial score (nSPS) is 12.1. The Balaban J connectivity index is 2.68. The van der Waals surface area contributed by atoms with Crippen molar-refractivity contribution in [2.75, 3.05) is 20.3 Å². The molecule has 0 bridgehead atoms. The van der Waals surface area contributed by atoms with E-state index in [1.54, 1.807) is 30.9 Å². The van der Waals surface area contributed by atoms with Gasteiger partial charge in [-0.3, -0.25) is 4.79 Å². The summed E-state index contributed by atoms with van der Waals surface area (Å²) < 4.78 is 6.62. The average molecular weight is 255 g/mol. The second kappa shape index (κ2) is 6.36. The van der Waals surface area contributed by atoms with Crippen LogP contribution in [-0.4, -0.2) is 35.7 Å². The number of thiocarbonyl (C=S) groups is 1. The first kappa shape index (κ1) is 13.7. The van der Waals surface area contributed by atoms with Crippen molar-refractivity contribution in [3.05, 3.63) is 24.0 Å². The molecule has 0 aliphatic heterocycles. The number of nitrogens with zero attached hydrogens (tertiary/aromatic N) is 1. The molecular formula is C11H17N3O2S. The van der Waals surface area contributed by atoms with E-state index in [2.05, 4.69) is 5.32 Å². The Bertz CT molecular complexity index is 403. The summed E-state index contributed by atoms with van der Waals surface area (Å²) in [5.74, 6) is -0.0873. The smallest absolute Gasteiger partial charge is 0.242 e. The number of methoxy groups -OCH3 is 1. The van der Waals surface area contributed by atoms with Gasteiger partial charge in [-0.2, -0.15) is 0 Å². The largest absolute Gasteiger partial charge is 0.388 e. The van der Waals surface area contributed by atoms with Crippen molar-refractivity contribution in [2.45, 2.75) is 13.0 Å². The summed E-state index contributed by atoms with van der Waals surface area (Å²) >= 11 is 4.92. The molecule has 1 heterocycles. The van der Waals surface area contributed by atoms with E-state index in [-0.39, 0.29) is 16.9 Å². The molecule has 94 valence electrons. The Morgan fingerprint density at radius 3 is 3.00 bits per heavy atom. The zero-order chi connectivity index (χ0) is 12.8. The van der Waals surface area contributed by atoms with Crippen LogP contribution >= 0.6 is 12.2 Å². The number of hydrogen-bond acceptors (Lipinski definition) is 3. The molecule has 3 N–H and O–H groups in total. The van der Waals surface area contributed by atoms with Crippen LogP contribution in [0.25, 0.3) is 0 Å². The van der Waals surface area contributed by atoms with Crippen LogP contribution in [0.15, 0.2) is 18.3 Å². The van der Waals surface area contributed by atoms with E-state index in [1.165, 1.54) is 0 Å². The van der Waals surface area contributed by atoms with Gasteiger partial charge in [0.2, 0.25) is 5.91 Å². The van der Waals surface area contributed by atoms with Crippen molar-refractivity contribution in [3.8, 4) is 0 Å². The molecule has 0 aliphatic carbocycles. The molecule has 1 amide bonds. The molecule has 0 saturated heterocycles.